The molecule has 0 aromatic carbocycles. The maximum absolute atomic E-state index is 11.6. The van der Waals surface area contributed by atoms with E-state index in [1.165, 1.54) is 0 Å². The van der Waals surface area contributed by atoms with Gasteiger partial charge < -0.3 is 15.2 Å². The van der Waals surface area contributed by atoms with Crippen LogP contribution < -0.4 is 5.32 Å². The Morgan fingerprint density at radius 1 is 1.44 bits per heavy atom. The van der Waals surface area contributed by atoms with Gasteiger partial charge in [0, 0.05) is 4.88 Å². The summed E-state index contributed by atoms with van der Waals surface area (Å²) in [5, 5.41) is 13.2. The highest BCUT2D eigenvalue weighted by Crippen LogP contribution is 2.25. The van der Waals surface area contributed by atoms with Crippen LogP contribution in [-0.2, 0) is 14.3 Å². The molecule has 100 valence electrons. The molecular formula is C12H17NO4S. The van der Waals surface area contributed by atoms with Crippen LogP contribution in [0.1, 0.15) is 24.8 Å². The molecule has 0 bridgehead atoms. The van der Waals surface area contributed by atoms with Crippen molar-refractivity contribution in [2.45, 2.75) is 19.9 Å². The molecule has 0 aliphatic rings. The molecule has 1 heterocycles. The average molecular weight is 271 g/mol. The molecule has 18 heavy (non-hydrogen) atoms. The van der Waals surface area contributed by atoms with Crippen LogP contribution >= 0.6 is 11.3 Å². The van der Waals surface area contributed by atoms with Gasteiger partial charge in [-0.3, -0.25) is 4.79 Å². The first-order valence-corrected chi connectivity index (χ1v) is 6.51. The highest BCUT2D eigenvalue weighted by atomic mass is 32.1. The first-order valence-electron chi connectivity index (χ1n) is 5.63. The highest BCUT2D eigenvalue weighted by Gasteiger charge is 2.19. The second-order valence-electron chi connectivity index (χ2n) is 4.19. The smallest absolute Gasteiger partial charge is 0.329 e. The van der Waals surface area contributed by atoms with Gasteiger partial charge in [0.2, 0.25) is 5.91 Å². The Kier molecular flexibility index (Phi) is 5.80. The maximum atomic E-state index is 11.6. The summed E-state index contributed by atoms with van der Waals surface area (Å²) in [6.45, 7) is 3.34. The molecule has 2 N–H and O–H groups in total. The number of rotatable bonds is 7. The Balaban J connectivity index is 2.47. The third kappa shape index (κ3) is 4.85. The lowest BCUT2D eigenvalue weighted by Crippen LogP contribution is -2.34. The molecule has 0 saturated carbocycles. The summed E-state index contributed by atoms with van der Waals surface area (Å²) in [5.41, 5.74) is 0. The number of ether oxygens (including phenoxy) is 1. The number of amides is 1. The number of thiophene rings is 1. The number of aliphatic carboxylic acids is 1. The molecule has 1 amide bonds. The van der Waals surface area contributed by atoms with Crippen molar-refractivity contribution in [3.05, 3.63) is 22.4 Å². The minimum Gasteiger partial charge on any atom is -0.480 e. The van der Waals surface area contributed by atoms with Gasteiger partial charge in [0.1, 0.15) is 13.2 Å². The number of hydrogen-bond acceptors (Lipinski definition) is 4. The van der Waals surface area contributed by atoms with Gasteiger partial charge >= 0.3 is 5.97 Å². The quantitative estimate of drug-likeness (QED) is 0.791. The fraction of sp³-hybridized carbons (Fsp3) is 0.500. The molecule has 0 fully saturated rings. The summed E-state index contributed by atoms with van der Waals surface area (Å²) >= 11 is 1.58. The molecule has 1 unspecified atom stereocenters. The number of carbonyl (C=O) groups excluding carboxylic acids is 1. The van der Waals surface area contributed by atoms with Crippen LogP contribution in [0.2, 0.25) is 0 Å². The topological polar surface area (TPSA) is 75.6 Å². The molecule has 0 radical (unpaired) electrons. The van der Waals surface area contributed by atoms with Crippen LogP contribution in [-0.4, -0.2) is 30.2 Å². The van der Waals surface area contributed by atoms with Gasteiger partial charge in [-0.2, -0.15) is 0 Å². The Morgan fingerprint density at radius 2 is 2.17 bits per heavy atom. The van der Waals surface area contributed by atoms with Crippen molar-refractivity contribution < 1.29 is 19.4 Å². The normalized spacial score (nSPS) is 12.4. The summed E-state index contributed by atoms with van der Waals surface area (Å²) < 4.78 is 4.75. The molecule has 0 aliphatic heterocycles. The SMILES string of the molecule is CC(C)C(NC(=O)COCC(=O)O)c1cccs1. The fourth-order valence-corrected chi connectivity index (χ4v) is 2.43. The minimum absolute atomic E-state index is 0.0640. The number of nitrogens with one attached hydrogen (secondary N) is 1. The van der Waals surface area contributed by atoms with Crippen LogP contribution in [0.3, 0.4) is 0 Å². The first-order chi connectivity index (χ1) is 8.50. The van der Waals surface area contributed by atoms with E-state index in [1.807, 2.05) is 31.4 Å². The molecule has 1 rings (SSSR count). The Bertz CT molecular complexity index is 389. The summed E-state index contributed by atoms with van der Waals surface area (Å²) in [6, 6.07) is 3.84. The van der Waals surface area contributed by atoms with Gasteiger partial charge in [-0.15, -0.1) is 11.3 Å². The molecular weight excluding hydrogens is 254 g/mol. The van der Waals surface area contributed by atoms with E-state index in [0.717, 1.165) is 4.88 Å². The Morgan fingerprint density at radius 3 is 2.67 bits per heavy atom. The van der Waals surface area contributed by atoms with E-state index >= 15 is 0 Å². The lowest BCUT2D eigenvalue weighted by molar-refractivity contribution is -0.143. The second-order valence-corrected chi connectivity index (χ2v) is 5.17. The van der Waals surface area contributed by atoms with E-state index in [2.05, 4.69) is 5.32 Å². The van der Waals surface area contributed by atoms with E-state index < -0.39 is 12.6 Å². The third-order valence-electron chi connectivity index (χ3n) is 2.29. The van der Waals surface area contributed by atoms with Gasteiger partial charge in [0.25, 0.3) is 0 Å². The van der Waals surface area contributed by atoms with E-state index in [0.29, 0.717) is 0 Å². The minimum atomic E-state index is -1.08. The highest BCUT2D eigenvalue weighted by molar-refractivity contribution is 7.10. The average Bonchev–Trinajstić information content (AvgIpc) is 2.78. The molecule has 0 saturated heterocycles. The number of hydrogen-bond donors (Lipinski definition) is 2. The van der Waals surface area contributed by atoms with Gasteiger partial charge in [-0.05, 0) is 17.4 Å². The van der Waals surface area contributed by atoms with Crippen molar-refractivity contribution in [1.29, 1.82) is 0 Å². The van der Waals surface area contributed by atoms with E-state index in [4.69, 9.17) is 9.84 Å². The van der Waals surface area contributed by atoms with E-state index in [9.17, 15) is 9.59 Å². The molecule has 1 aromatic heterocycles. The number of carboxylic acid groups (broad SMARTS) is 1. The van der Waals surface area contributed by atoms with Gasteiger partial charge in [-0.25, -0.2) is 4.79 Å². The van der Waals surface area contributed by atoms with Gasteiger partial charge in [0.15, 0.2) is 0 Å². The fourth-order valence-electron chi connectivity index (χ4n) is 1.48. The third-order valence-corrected chi connectivity index (χ3v) is 3.25. The van der Waals surface area contributed by atoms with Crippen molar-refractivity contribution in [1.82, 2.24) is 5.32 Å². The first kappa shape index (κ1) is 14.7. The number of carbonyl (C=O) groups is 2. The lowest BCUT2D eigenvalue weighted by atomic mass is 10.0. The Labute approximate surface area is 110 Å². The van der Waals surface area contributed by atoms with Crippen molar-refractivity contribution in [2.75, 3.05) is 13.2 Å². The summed E-state index contributed by atoms with van der Waals surface area (Å²) in [5.74, 6) is -1.13. The summed E-state index contributed by atoms with van der Waals surface area (Å²) in [7, 11) is 0. The summed E-state index contributed by atoms with van der Waals surface area (Å²) in [6.07, 6.45) is 0. The summed E-state index contributed by atoms with van der Waals surface area (Å²) in [4.78, 5) is 22.9. The molecule has 1 atom stereocenters. The van der Waals surface area contributed by atoms with Gasteiger partial charge in [0.05, 0.1) is 6.04 Å². The number of carboxylic acids is 1. The van der Waals surface area contributed by atoms with Crippen molar-refractivity contribution in [3.63, 3.8) is 0 Å². The standard InChI is InChI=1S/C12H17NO4S/c1-8(2)12(9-4-3-5-18-9)13-10(14)6-17-7-11(15)16/h3-5,8,12H,6-7H2,1-2H3,(H,13,14)(H,15,16). The maximum Gasteiger partial charge on any atom is 0.329 e. The van der Waals surface area contributed by atoms with Crippen LogP contribution in [0.25, 0.3) is 0 Å². The molecule has 0 spiro atoms. The zero-order valence-corrected chi connectivity index (χ0v) is 11.2. The van der Waals surface area contributed by atoms with Crippen LogP contribution in [0.5, 0.6) is 0 Å². The molecule has 1 aromatic rings. The van der Waals surface area contributed by atoms with Crippen molar-refractivity contribution in [3.8, 4) is 0 Å². The predicted octanol–water partition coefficient (Wildman–Crippen LogP) is 1.66. The zero-order chi connectivity index (χ0) is 13.5. The monoisotopic (exact) mass is 271 g/mol. The molecule has 6 heteroatoms. The van der Waals surface area contributed by atoms with Crippen LogP contribution in [0.15, 0.2) is 17.5 Å². The van der Waals surface area contributed by atoms with Crippen LogP contribution in [0.4, 0.5) is 0 Å². The van der Waals surface area contributed by atoms with E-state index in [-0.39, 0.29) is 24.5 Å². The molecule has 0 aliphatic carbocycles. The van der Waals surface area contributed by atoms with Crippen molar-refractivity contribution in [2.24, 2.45) is 5.92 Å². The second kappa shape index (κ2) is 7.13. The Hall–Kier alpha value is -1.40. The van der Waals surface area contributed by atoms with Gasteiger partial charge in [-0.1, -0.05) is 19.9 Å². The van der Waals surface area contributed by atoms with E-state index in [1.54, 1.807) is 11.3 Å². The zero-order valence-electron chi connectivity index (χ0n) is 10.4. The predicted molar refractivity (Wildman–Crippen MR) is 68.5 cm³/mol. The van der Waals surface area contributed by atoms with Crippen molar-refractivity contribution >= 4 is 23.2 Å². The largest absolute Gasteiger partial charge is 0.480 e. The molecule has 5 nitrogen and oxygen atoms in total. The lowest BCUT2D eigenvalue weighted by Gasteiger charge is -2.21. The van der Waals surface area contributed by atoms with Crippen LogP contribution in [0, 0.1) is 5.92 Å².